The third-order valence-electron chi connectivity index (χ3n) is 2.95. The van der Waals surface area contributed by atoms with Gasteiger partial charge in [-0.2, -0.15) is 0 Å². The Bertz CT molecular complexity index is 445. The Hall–Kier alpha value is -1.91. The second kappa shape index (κ2) is 4.16. The zero-order valence-corrected chi connectivity index (χ0v) is 9.67. The molecule has 5 nitrogen and oxygen atoms in total. The first-order valence-electron chi connectivity index (χ1n) is 5.28. The van der Waals surface area contributed by atoms with Gasteiger partial charge in [-0.15, -0.1) is 0 Å². The fourth-order valence-electron chi connectivity index (χ4n) is 1.88. The molecule has 1 aromatic heterocycles. The van der Waals surface area contributed by atoms with E-state index < -0.39 is 23.5 Å². The van der Waals surface area contributed by atoms with Gasteiger partial charge in [-0.3, -0.25) is 14.6 Å². The number of cyclic esters (lactones) is 1. The molecule has 2 heterocycles. The third kappa shape index (κ3) is 1.88. The second-order valence-corrected chi connectivity index (χ2v) is 4.18. The van der Waals surface area contributed by atoms with Crippen molar-refractivity contribution in [2.45, 2.75) is 19.4 Å². The molecule has 90 valence electrons. The molecule has 0 radical (unpaired) electrons. The van der Waals surface area contributed by atoms with Crippen molar-refractivity contribution in [3.63, 3.8) is 0 Å². The molecule has 0 unspecified atom stereocenters. The Morgan fingerprint density at radius 1 is 1.59 bits per heavy atom. The number of pyridine rings is 1. The van der Waals surface area contributed by atoms with Crippen LogP contribution in [0.1, 0.15) is 25.1 Å². The molecule has 1 aliphatic heterocycles. The number of hydrogen-bond donors (Lipinski definition) is 0. The summed E-state index contributed by atoms with van der Waals surface area (Å²) in [4.78, 5) is 27.4. The van der Waals surface area contributed by atoms with Crippen molar-refractivity contribution in [2.24, 2.45) is 5.41 Å². The van der Waals surface area contributed by atoms with E-state index in [1.54, 1.807) is 18.3 Å². The molecule has 5 heteroatoms. The van der Waals surface area contributed by atoms with Crippen LogP contribution in [0.25, 0.3) is 0 Å². The van der Waals surface area contributed by atoms with Crippen LogP contribution in [-0.2, 0) is 19.1 Å². The van der Waals surface area contributed by atoms with Gasteiger partial charge in [0.2, 0.25) is 0 Å². The monoisotopic (exact) mass is 235 g/mol. The molecule has 17 heavy (non-hydrogen) atoms. The van der Waals surface area contributed by atoms with Crippen molar-refractivity contribution in [2.75, 3.05) is 7.11 Å². The van der Waals surface area contributed by atoms with Crippen molar-refractivity contribution in [1.29, 1.82) is 0 Å². The van der Waals surface area contributed by atoms with Crippen molar-refractivity contribution >= 4 is 11.9 Å². The number of nitrogens with zero attached hydrogens (tertiary/aromatic N) is 1. The Morgan fingerprint density at radius 3 is 2.94 bits per heavy atom. The molecule has 0 N–H and O–H groups in total. The van der Waals surface area contributed by atoms with Crippen molar-refractivity contribution in [1.82, 2.24) is 4.98 Å². The Morgan fingerprint density at radius 2 is 2.35 bits per heavy atom. The van der Waals surface area contributed by atoms with E-state index in [4.69, 9.17) is 4.74 Å². The maximum absolute atomic E-state index is 11.7. The van der Waals surface area contributed by atoms with Crippen LogP contribution in [0.3, 0.4) is 0 Å². The molecule has 1 fully saturated rings. The highest BCUT2D eigenvalue weighted by Gasteiger charge is 2.52. The van der Waals surface area contributed by atoms with Crippen LogP contribution >= 0.6 is 0 Å². The second-order valence-electron chi connectivity index (χ2n) is 4.18. The average molecular weight is 235 g/mol. The van der Waals surface area contributed by atoms with Crippen LogP contribution in [0.15, 0.2) is 24.4 Å². The highest BCUT2D eigenvalue weighted by atomic mass is 16.6. The lowest BCUT2D eigenvalue weighted by atomic mass is 9.86. The predicted molar refractivity (Wildman–Crippen MR) is 57.8 cm³/mol. The molecule has 0 aliphatic carbocycles. The maximum Gasteiger partial charge on any atom is 0.324 e. The van der Waals surface area contributed by atoms with Crippen LogP contribution in [0, 0.1) is 5.41 Å². The molecule has 0 amide bonds. The van der Waals surface area contributed by atoms with Gasteiger partial charge in [0.25, 0.3) is 0 Å². The van der Waals surface area contributed by atoms with Crippen LogP contribution in [0.5, 0.6) is 0 Å². The smallest absolute Gasteiger partial charge is 0.324 e. The minimum atomic E-state index is -1.23. The van der Waals surface area contributed by atoms with E-state index in [1.165, 1.54) is 14.0 Å². The first kappa shape index (κ1) is 11.6. The molecule has 1 aromatic rings. The molecule has 0 spiro atoms. The predicted octanol–water partition coefficient (Wildman–Crippen LogP) is 1.25. The van der Waals surface area contributed by atoms with E-state index in [1.807, 2.05) is 6.07 Å². The van der Waals surface area contributed by atoms with Crippen LogP contribution in [-0.4, -0.2) is 24.0 Å². The highest BCUT2D eigenvalue weighted by Crippen LogP contribution is 2.41. The molecule has 0 bridgehead atoms. The summed E-state index contributed by atoms with van der Waals surface area (Å²) in [6.07, 6.45) is 1.40. The zero-order valence-electron chi connectivity index (χ0n) is 9.67. The number of carbonyl (C=O) groups excluding carboxylic acids is 2. The van der Waals surface area contributed by atoms with Gasteiger partial charge in [-0.1, -0.05) is 6.07 Å². The third-order valence-corrected chi connectivity index (χ3v) is 2.95. The Balaban J connectivity index is 2.23. The summed E-state index contributed by atoms with van der Waals surface area (Å²) < 4.78 is 9.82. The lowest BCUT2D eigenvalue weighted by molar-refractivity contribution is -0.162. The summed E-state index contributed by atoms with van der Waals surface area (Å²) in [7, 11) is 1.26. The van der Waals surface area contributed by atoms with Gasteiger partial charge in [0.05, 0.1) is 12.8 Å². The molecular weight excluding hydrogens is 222 g/mol. The molecule has 2 rings (SSSR count). The number of hydrogen-bond acceptors (Lipinski definition) is 5. The molecule has 2 atom stereocenters. The molecule has 0 saturated carbocycles. The van der Waals surface area contributed by atoms with E-state index in [-0.39, 0.29) is 6.42 Å². The first-order chi connectivity index (χ1) is 8.08. The summed E-state index contributed by atoms with van der Waals surface area (Å²) in [5.74, 6) is -1.12. The van der Waals surface area contributed by atoms with E-state index in [0.717, 1.165) is 0 Å². The van der Waals surface area contributed by atoms with Gasteiger partial charge in [0, 0.05) is 12.6 Å². The molecule has 1 aliphatic rings. The van der Waals surface area contributed by atoms with Crippen molar-refractivity contribution in [3.8, 4) is 0 Å². The van der Waals surface area contributed by atoms with E-state index in [2.05, 4.69) is 9.72 Å². The fourth-order valence-corrected chi connectivity index (χ4v) is 1.88. The van der Waals surface area contributed by atoms with Crippen LogP contribution in [0.2, 0.25) is 0 Å². The van der Waals surface area contributed by atoms with Gasteiger partial charge in [0.1, 0.15) is 6.10 Å². The Labute approximate surface area is 98.7 Å². The topological polar surface area (TPSA) is 65.5 Å². The zero-order chi connectivity index (χ0) is 12.5. The minimum Gasteiger partial charge on any atom is -0.468 e. The summed E-state index contributed by atoms with van der Waals surface area (Å²) in [5, 5.41) is 0. The van der Waals surface area contributed by atoms with Crippen LogP contribution < -0.4 is 0 Å². The van der Waals surface area contributed by atoms with E-state index >= 15 is 0 Å². The number of ether oxygens (including phenoxy) is 2. The summed E-state index contributed by atoms with van der Waals surface area (Å²) in [6, 6.07) is 5.35. The van der Waals surface area contributed by atoms with Gasteiger partial charge >= 0.3 is 11.9 Å². The van der Waals surface area contributed by atoms with Gasteiger partial charge in [0.15, 0.2) is 5.41 Å². The number of carbonyl (C=O) groups is 2. The number of esters is 2. The van der Waals surface area contributed by atoms with Crippen molar-refractivity contribution < 1.29 is 19.1 Å². The first-order valence-corrected chi connectivity index (χ1v) is 5.28. The largest absolute Gasteiger partial charge is 0.468 e. The average Bonchev–Trinajstić information content (AvgIpc) is 2.67. The van der Waals surface area contributed by atoms with E-state index in [9.17, 15) is 9.59 Å². The number of rotatable bonds is 2. The standard InChI is InChI=1S/C12H13NO4/c1-12(10(14)16-2)7-9(17-11(12)15)8-5-3-4-6-13-8/h3-6,9H,7H2,1-2H3/t9-,12+/m0/s1. The SMILES string of the molecule is COC(=O)[C@@]1(C)C[C@@H](c2ccccn2)OC1=O. The molecular formula is C12H13NO4. The summed E-state index contributed by atoms with van der Waals surface area (Å²) >= 11 is 0. The number of methoxy groups -OCH3 is 1. The summed E-state index contributed by atoms with van der Waals surface area (Å²) in [6.45, 7) is 1.53. The van der Waals surface area contributed by atoms with Crippen molar-refractivity contribution in [3.05, 3.63) is 30.1 Å². The van der Waals surface area contributed by atoms with Gasteiger partial charge < -0.3 is 9.47 Å². The van der Waals surface area contributed by atoms with Gasteiger partial charge in [-0.05, 0) is 19.1 Å². The minimum absolute atomic E-state index is 0.259. The van der Waals surface area contributed by atoms with Gasteiger partial charge in [-0.25, -0.2) is 0 Å². The highest BCUT2D eigenvalue weighted by molar-refractivity contribution is 6.00. The van der Waals surface area contributed by atoms with E-state index in [0.29, 0.717) is 5.69 Å². The summed E-state index contributed by atoms with van der Waals surface area (Å²) in [5.41, 5.74) is -0.579. The Kier molecular flexibility index (Phi) is 2.83. The fraction of sp³-hybridized carbons (Fsp3) is 0.417. The maximum atomic E-state index is 11.7. The lowest BCUT2D eigenvalue weighted by Gasteiger charge is -2.14. The quantitative estimate of drug-likeness (QED) is 0.570. The normalized spacial score (nSPS) is 27.6. The number of aromatic nitrogens is 1. The lowest BCUT2D eigenvalue weighted by Crippen LogP contribution is -2.33. The van der Waals surface area contributed by atoms with Crippen LogP contribution in [0.4, 0.5) is 0 Å². The molecule has 0 aromatic carbocycles. The molecule has 1 saturated heterocycles.